The molecule has 0 spiro atoms. The zero-order valence-electron chi connectivity index (χ0n) is 8.20. The normalized spacial score (nSPS) is 14.9. The summed E-state index contributed by atoms with van der Waals surface area (Å²) in [5.74, 6) is 0.545. The van der Waals surface area contributed by atoms with Crippen LogP contribution in [0.2, 0.25) is 5.02 Å². The van der Waals surface area contributed by atoms with Crippen molar-refractivity contribution in [3.63, 3.8) is 0 Å². The summed E-state index contributed by atoms with van der Waals surface area (Å²) in [6, 6.07) is 4.79. The monoisotopic (exact) mass is 215 g/mol. The lowest BCUT2D eigenvalue weighted by Crippen LogP contribution is -2.24. The van der Waals surface area contributed by atoms with Gasteiger partial charge in [0.15, 0.2) is 0 Å². The molecule has 0 heterocycles. The van der Waals surface area contributed by atoms with E-state index in [0.29, 0.717) is 16.3 Å². The molecule has 0 amide bonds. The minimum Gasteiger partial charge on any atom is -0.495 e. The molecule has 0 radical (unpaired) electrons. The SMILES string of the molecule is COc1cc([C@H](O)[C@H](C)N)ccc1Cl. The Morgan fingerprint density at radius 3 is 2.64 bits per heavy atom. The number of hydrogen-bond acceptors (Lipinski definition) is 3. The topological polar surface area (TPSA) is 55.5 Å². The van der Waals surface area contributed by atoms with Crippen molar-refractivity contribution in [1.29, 1.82) is 0 Å². The van der Waals surface area contributed by atoms with Crippen molar-refractivity contribution in [1.82, 2.24) is 0 Å². The summed E-state index contributed by atoms with van der Waals surface area (Å²) in [6.45, 7) is 1.74. The minimum absolute atomic E-state index is 0.319. The van der Waals surface area contributed by atoms with Gasteiger partial charge in [0.1, 0.15) is 5.75 Å². The Labute approximate surface area is 88.4 Å². The first-order valence-corrected chi connectivity index (χ1v) is 4.71. The Hall–Kier alpha value is -0.770. The van der Waals surface area contributed by atoms with E-state index in [1.165, 1.54) is 7.11 Å². The van der Waals surface area contributed by atoms with Crippen LogP contribution in [0, 0.1) is 0 Å². The number of methoxy groups -OCH3 is 1. The molecule has 0 bridgehead atoms. The molecule has 0 aliphatic rings. The molecular formula is C10H14ClNO2. The first kappa shape index (κ1) is 11.3. The van der Waals surface area contributed by atoms with Gasteiger partial charge in [-0.05, 0) is 24.6 Å². The lowest BCUT2D eigenvalue weighted by molar-refractivity contribution is 0.153. The summed E-state index contributed by atoms with van der Waals surface area (Å²) in [5.41, 5.74) is 6.28. The molecule has 14 heavy (non-hydrogen) atoms. The summed E-state index contributed by atoms with van der Waals surface area (Å²) in [6.07, 6.45) is -0.693. The van der Waals surface area contributed by atoms with E-state index in [4.69, 9.17) is 22.1 Å². The molecule has 0 aromatic heterocycles. The molecule has 0 saturated heterocycles. The number of nitrogens with two attached hydrogens (primary N) is 1. The fourth-order valence-electron chi connectivity index (χ4n) is 1.16. The average Bonchev–Trinajstić information content (AvgIpc) is 2.17. The van der Waals surface area contributed by atoms with E-state index in [1.807, 2.05) is 0 Å². The van der Waals surface area contributed by atoms with E-state index in [-0.39, 0.29) is 6.04 Å². The number of rotatable bonds is 3. The molecule has 0 saturated carbocycles. The van der Waals surface area contributed by atoms with E-state index >= 15 is 0 Å². The Balaban J connectivity index is 3.00. The number of halogens is 1. The van der Waals surface area contributed by atoms with Crippen molar-refractivity contribution in [2.45, 2.75) is 19.1 Å². The van der Waals surface area contributed by atoms with Gasteiger partial charge in [0.2, 0.25) is 0 Å². The van der Waals surface area contributed by atoms with Crippen LogP contribution >= 0.6 is 11.6 Å². The Bertz CT molecular complexity index is 315. The van der Waals surface area contributed by atoms with Crippen molar-refractivity contribution < 1.29 is 9.84 Å². The lowest BCUT2D eigenvalue weighted by Gasteiger charge is -2.15. The molecular weight excluding hydrogens is 202 g/mol. The van der Waals surface area contributed by atoms with E-state index in [0.717, 1.165) is 0 Å². The fraction of sp³-hybridized carbons (Fsp3) is 0.400. The van der Waals surface area contributed by atoms with E-state index in [2.05, 4.69) is 0 Å². The zero-order chi connectivity index (χ0) is 10.7. The van der Waals surface area contributed by atoms with Crippen LogP contribution in [0.5, 0.6) is 5.75 Å². The highest BCUT2D eigenvalue weighted by atomic mass is 35.5. The largest absolute Gasteiger partial charge is 0.495 e. The summed E-state index contributed by atoms with van der Waals surface area (Å²) in [7, 11) is 1.53. The van der Waals surface area contributed by atoms with Crippen LogP contribution in [0.4, 0.5) is 0 Å². The van der Waals surface area contributed by atoms with Crippen molar-refractivity contribution in [3.8, 4) is 5.75 Å². The molecule has 3 N–H and O–H groups in total. The van der Waals surface area contributed by atoms with Gasteiger partial charge in [-0.1, -0.05) is 17.7 Å². The second kappa shape index (κ2) is 4.64. The molecule has 0 aliphatic heterocycles. The summed E-state index contributed by atoms with van der Waals surface area (Å²) >= 11 is 5.84. The molecule has 1 aromatic rings. The standard InChI is InChI=1S/C10H14ClNO2/c1-6(12)10(13)7-3-4-8(11)9(5-7)14-2/h3-6,10,13H,12H2,1-2H3/t6-,10+/m0/s1. The van der Waals surface area contributed by atoms with Crippen LogP contribution < -0.4 is 10.5 Å². The minimum atomic E-state index is -0.693. The molecule has 78 valence electrons. The number of aliphatic hydroxyl groups excluding tert-OH is 1. The van der Waals surface area contributed by atoms with E-state index in [1.54, 1.807) is 25.1 Å². The third-order valence-corrected chi connectivity index (χ3v) is 2.33. The lowest BCUT2D eigenvalue weighted by atomic mass is 10.0. The maximum atomic E-state index is 9.68. The van der Waals surface area contributed by atoms with Gasteiger partial charge in [-0.2, -0.15) is 0 Å². The van der Waals surface area contributed by atoms with Crippen molar-refractivity contribution in [2.24, 2.45) is 5.73 Å². The molecule has 4 heteroatoms. The van der Waals surface area contributed by atoms with E-state index < -0.39 is 6.10 Å². The third kappa shape index (κ3) is 2.38. The molecule has 3 nitrogen and oxygen atoms in total. The second-order valence-electron chi connectivity index (χ2n) is 3.20. The smallest absolute Gasteiger partial charge is 0.137 e. The predicted molar refractivity (Wildman–Crippen MR) is 56.6 cm³/mol. The first-order chi connectivity index (χ1) is 6.56. The summed E-state index contributed by atoms with van der Waals surface area (Å²) < 4.78 is 5.03. The maximum Gasteiger partial charge on any atom is 0.137 e. The second-order valence-corrected chi connectivity index (χ2v) is 3.61. The van der Waals surface area contributed by atoms with E-state index in [9.17, 15) is 5.11 Å². The number of ether oxygens (including phenoxy) is 1. The van der Waals surface area contributed by atoms with Crippen LogP contribution in [0.15, 0.2) is 18.2 Å². The Morgan fingerprint density at radius 1 is 1.50 bits per heavy atom. The molecule has 1 rings (SSSR count). The highest BCUT2D eigenvalue weighted by Crippen LogP contribution is 2.28. The summed E-state index contributed by atoms with van der Waals surface area (Å²) in [5, 5.41) is 10.2. The van der Waals surface area contributed by atoms with Crippen molar-refractivity contribution in [3.05, 3.63) is 28.8 Å². The van der Waals surface area contributed by atoms with Crippen LogP contribution in [-0.2, 0) is 0 Å². The van der Waals surface area contributed by atoms with Gasteiger partial charge in [-0.3, -0.25) is 0 Å². The van der Waals surface area contributed by atoms with Crippen LogP contribution in [-0.4, -0.2) is 18.3 Å². The van der Waals surface area contributed by atoms with Crippen molar-refractivity contribution in [2.75, 3.05) is 7.11 Å². The number of benzene rings is 1. The molecule has 0 aliphatic carbocycles. The number of hydrogen-bond donors (Lipinski definition) is 2. The van der Waals surface area contributed by atoms with Crippen LogP contribution in [0.25, 0.3) is 0 Å². The van der Waals surface area contributed by atoms with Gasteiger partial charge in [0.05, 0.1) is 18.2 Å². The Kier molecular flexibility index (Phi) is 3.75. The van der Waals surface area contributed by atoms with Gasteiger partial charge in [-0.25, -0.2) is 0 Å². The fourth-order valence-corrected chi connectivity index (χ4v) is 1.36. The third-order valence-electron chi connectivity index (χ3n) is 2.01. The zero-order valence-corrected chi connectivity index (χ0v) is 8.95. The average molecular weight is 216 g/mol. The molecule has 0 unspecified atom stereocenters. The molecule has 0 fully saturated rings. The molecule has 1 aromatic carbocycles. The summed E-state index contributed by atoms with van der Waals surface area (Å²) in [4.78, 5) is 0. The maximum absolute atomic E-state index is 9.68. The van der Waals surface area contributed by atoms with Gasteiger partial charge >= 0.3 is 0 Å². The Morgan fingerprint density at radius 2 is 2.14 bits per heavy atom. The highest BCUT2D eigenvalue weighted by molar-refractivity contribution is 6.32. The molecule has 2 atom stereocenters. The quantitative estimate of drug-likeness (QED) is 0.808. The van der Waals surface area contributed by atoms with Gasteiger partial charge < -0.3 is 15.6 Å². The highest BCUT2D eigenvalue weighted by Gasteiger charge is 2.13. The first-order valence-electron chi connectivity index (χ1n) is 4.33. The van der Waals surface area contributed by atoms with Gasteiger partial charge in [0.25, 0.3) is 0 Å². The van der Waals surface area contributed by atoms with Crippen LogP contribution in [0.3, 0.4) is 0 Å². The van der Waals surface area contributed by atoms with Gasteiger partial charge in [0, 0.05) is 6.04 Å². The van der Waals surface area contributed by atoms with Gasteiger partial charge in [-0.15, -0.1) is 0 Å². The van der Waals surface area contributed by atoms with Crippen molar-refractivity contribution >= 4 is 11.6 Å². The van der Waals surface area contributed by atoms with Crippen LogP contribution in [0.1, 0.15) is 18.6 Å². The predicted octanol–water partition coefficient (Wildman–Crippen LogP) is 1.73. The number of aliphatic hydroxyl groups is 1.